The van der Waals surface area contributed by atoms with Gasteiger partial charge in [0.15, 0.2) is 0 Å². The summed E-state index contributed by atoms with van der Waals surface area (Å²) in [4.78, 5) is 10.0. The van der Waals surface area contributed by atoms with E-state index in [1.54, 1.807) is 0 Å². The van der Waals surface area contributed by atoms with Gasteiger partial charge in [-0.25, -0.2) is 0 Å². The summed E-state index contributed by atoms with van der Waals surface area (Å²) in [6.07, 6.45) is 1.14. The van der Waals surface area contributed by atoms with Crippen molar-refractivity contribution >= 4 is 16.1 Å². The molecule has 1 atom stereocenters. The zero-order valence-corrected chi connectivity index (χ0v) is 9.69. The predicted octanol–water partition coefficient (Wildman–Crippen LogP) is -2.03. The molecule has 0 fully saturated rings. The van der Waals surface area contributed by atoms with Crippen molar-refractivity contribution in [3.8, 4) is 0 Å². The van der Waals surface area contributed by atoms with Crippen LogP contribution in [0.3, 0.4) is 0 Å². The fraction of sp³-hybridized carbons (Fsp3) is 0.857. The standard InChI is InChI=1S/C5H12N2O2.C2H7NO3S/c6-3-1-2-4(7)5(8)9;3-1-2-7(4,5)6/h4H,1-3,6-7H2,(H,8,9);1-3H2,(H,4,5,6)/t4-;/m0./s1. The van der Waals surface area contributed by atoms with Gasteiger partial charge in [-0.2, -0.15) is 8.42 Å². The fourth-order valence-electron chi connectivity index (χ4n) is 0.610. The van der Waals surface area contributed by atoms with Crippen molar-refractivity contribution in [3.63, 3.8) is 0 Å². The van der Waals surface area contributed by atoms with Gasteiger partial charge in [0.05, 0.1) is 5.75 Å². The first-order chi connectivity index (χ1) is 7.24. The smallest absolute Gasteiger partial charge is 0.320 e. The molecule has 0 spiro atoms. The minimum Gasteiger partial charge on any atom is -0.480 e. The van der Waals surface area contributed by atoms with E-state index in [4.69, 9.17) is 26.9 Å². The zero-order chi connectivity index (χ0) is 13.2. The second kappa shape index (κ2) is 9.48. The molecule has 0 saturated heterocycles. The summed E-state index contributed by atoms with van der Waals surface area (Å²) in [7, 11) is -3.80. The second-order valence-electron chi connectivity index (χ2n) is 2.95. The van der Waals surface area contributed by atoms with Crippen LogP contribution in [-0.2, 0) is 14.9 Å². The third kappa shape index (κ3) is 15.7. The number of hydrogen-bond donors (Lipinski definition) is 5. The first-order valence-electron chi connectivity index (χ1n) is 4.58. The van der Waals surface area contributed by atoms with Crippen LogP contribution in [0.1, 0.15) is 12.8 Å². The van der Waals surface area contributed by atoms with Gasteiger partial charge in [-0.05, 0) is 19.4 Å². The average molecular weight is 257 g/mol. The molecule has 8 N–H and O–H groups in total. The number of carboxylic acid groups (broad SMARTS) is 1. The Balaban J connectivity index is 0. The fourth-order valence-corrected chi connectivity index (χ4v) is 0.908. The lowest BCUT2D eigenvalue weighted by molar-refractivity contribution is -0.138. The number of hydrogen-bond acceptors (Lipinski definition) is 6. The maximum absolute atomic E-state index is 10.0. The number of aliphatic carboxylic acids is 1. The summed E-state index contributed by atoms with van der Waals surface area (Å²) in [6, 6.07) is -0.742. The molecular formula is C7H19N3O5S. The average Bonchev–Trinajstić information content (AvgIpc) is 2.13. The largest absolute Gasteiger partial charge is 0.480 e. The van der Waals surface area contributed by atoms with E-state index in [9.17, 15) is 13.2 Å². The van der Waals surface area contributed by atoms with Crippen molar-refractivity contribution in [3.05, 3.63) is 0 Å². The second-order valence-corrected chi connectivity index (χ2v) is 4.52. The summed E-state index contributed by atoms with van der Waals surface area (Å²) < 4.78 is 27.3. The third-order valence-corrected chi connectivity index (χ3v) is 2.16. The van der Waals surface area contributed by atoms with Crippen molar-refractivity contribution in [2.24, 2.45) is 17.2 Å². The van der Waals surface area contributed by atoms with Crippen LogP contribution in [0.5, 0.6) is 0 Å². The van der Waals surface area contributed by atoms with E-state index in [1.165, 1.54) is 0 Å². The SMILES string of the molecule is NCCC[C@H](N)C(=O)O.NCCS(=O)(=O)O. The molecule has 9 heteroatoms. The Kier molecular flexibility index (Phi) is 10.5. The third-order valence-electron chi connectivity index (χ3n) is 1.41. The molecule has 0 aliphatic carbocycles. The monoisotopic (exact) mass is 257 g/mol. The molecule has 0 aliphatic rings. The molecule has 8 nitrogen and oxygen atoms in total. The molecule has 0 radical (unpaired) electrons. The molecule has 16 heavy (non-hydrogen) atoms. The molecule has 0 bridgehead atoms. The molecule has 98 valence electrons. The molecule has 0 rings (SSSR count). The number of rotatable bonds is 6. The normalized spacial score (nSPS) is 12.5. The van der Waals surface area contributed by atoms with Crippen molar-refractivity contribution < 1.29 is 22.9 Å². The van der Waals surface area contributed by atoms with Gasteiger partial charge in [-0.1, -0.05) is 0 Å². The summed E-state index contributed by atoms with van der Waals surface area (Å²) in [5.41, 5.74) is 15.1. The van der Waals surface area contributed by atoms with Gasteiger partial charge in [-0.15, -0.1) is 0 Å². The predicted molar refractivity (Wildman–Crippen MR) is 59.4 cm³/mol. The van der Waals surface area contributed by atoms with Crippen LogP contribution >= 0.6 is 0 Å². The van der Waals surface area contributed by atoms with Crippen LogP contribution in [0.4, 0.5) is 0 Å². The minimum atomic E-state index is -3.80. The highest BCUT2D eigenvalue weighted by atomic mass is 32.2. The molecule has 0 aromatic heterocycles. The molecule has 0 amide bonds. The molecule has 0 saturated carbocycles. The lowest BCUT2D eigenvalue weighted by Gasteiger charge is -2.02. The van der Waals surface area contributed by atoms with Gasteiger partial charge in [0.1, 0.15) is 6.04 Å². The van der Waals surface area contributed by atoms with Crippen LogP contribution in [0, 0.1) is 0 Å². The van der Waals surface area contributed by atoms with Gasteiger partial charge in [0.25, 0.3) is 10.1 Å². The molecule has 0 heterocycles. The summed E-state index contributed by atoms with van der Waals surface area (Å²) in [5, 5.41) is 8.24. The Morgan fingerprint density at radius 1 is 1.25 bits per heavy atom. The van der Waals surface area contributed by atoms with Crippen LogP contribution < -0.4 is 17.2 Å². The van der Waals surface area contributed by atoms with E-state index < -0.39 is 22.1 Å². The van der Waals surface area contributed by atoms with Crippen LogP contribution in [0.2, 0.25) is 0 Å². The van der Waals surface area contributed by atoms with Gasteiger partial charge in [0, 0.05) is 6.54 Å². The van der Waals surface area contributed by atoms with Crippen molar-refractivity contribution in [2.75, 3.05) is 18.8 Å². The van der Waals surface area contributed by atoms with Crippen molar-refractivity contribution in [1.82, 2.24) is 0 Å². The van der Waals surface area contributed by atoms with Crippen molar-refractivity contribution in [1.29, 1.82) is 0 Å². The molecular weight excluding hydrogens is 238 g/mol. The van der Waals surface area contributed by atoms with E-state index in [-0.39, 0.29) is 12.3 Å². The molecule has 0 unspecified atom stereocenters. The molecule has 0 aromatic carbocycles. The van der Waals surface area contributed by atoms with Gasteiger partial charge in [-0.3, -0.25) is 9.35 Å². The van der Waals surface area contributed by atoms with E-state index in [0.717, 1.165) is 0 Å². The van der Waals surface area contributed by atoms with E-state index >= 15 is 0 Å². The topological polar surface area (TPSA) is 170 Å². The van der Waals surface area contributed by atoms with E-state index in [2.05, 4.69) is 0 Å². The highest BCUT2D eigenvalue weighted by molar-refractivity contribution is 7.85. The maximum Gasteiger partial charge on any atom is 0.320 e. The van der Waals surface area contributed by atoms with Gasteiger partial charge in [0.2, 0.25) is 0 Å². The Hall–Kier alpha value is -0.740. The van der Waals surface area contributed by atoms with Crippen LogP contribution in [0.15, 0.2) is 0 Å². The lowest BCUT2D eigenvalue weighted by Crippen LogP contribution is -2.30. The molecule has 0 aromatic rings. The lowest BCUT2D eigenvalue weighted by atomic mass is 10.2. The highest BCUT2D eigenvalue weighted by Crippen LogP contribution is 1.91. The van der Waals surface area contributed by atoms with E-state index in [0.29, 0.717) is 19.4 Å². The zero-order valence-electron chi connectivity index (χ0n) is 8.87. The molecule has 0 aliphatic heterocycles. The minimum absolute atomic E-state index is 0.0289. The number of carboxylic acids is 1. The number of carbonyl (C=O) groups is 1. The Morgan fingerprint density at radius 3 is 1.94 bits per heavy atom. The summed E-state index contributed by atoms with van der Waals surface area (Å²) in [6.45, 7) is 0.472. The summed E-state index contributed by atoms with van der Waals surface area (Å²) in [5.74, 6) is -1.31. The first kappa shape index (κ1) is 17.6. The Morgan fingerprint density at radius 2 is 1.75 bits per heavy atom. The van der Waals surface area contributed by atoms with Crippen LogP contribution in [0.25, 0.3) is 0 Å². The first-order valence-corrected chi connectivity index (χ1v) is 6.19. The Labute approximate surface area is 94.5 Å². The quantitative estimate of drug-likeness (QED) is 0.339. The maximum atomic E-state index is 10.0. The van der Waals surface area contributed by atoms with Gasteiger partial charge >= 0.3 is 5.97 Å². The van der Waals surface area contributed by atoms with E-state index in [1.807, 2.05) is 0 Å². The van der Waals surface area contributed by atoms with Gasteiger partial charge < -0.3 is 22.3 Å². The number of nitrogens with two attached hydrogens (primary N) is 3. The van der Waals surface area contributed by atoms with Crippen molar-refractivity contribution in [2.45, 2.75) is 18.9 Å². The summed E-state index contributed by atoms with van der Waals surface area (Å²) >= 11 is 0. The van der Waals surface area contributed by atoms with Crippen LogP contribution in [-0.4, -0.2) is 48.9 Å². The highest BCUT2D eigenvalue weighted by Gasteiger charge is 2.08. The Bertz CT molecular complexity index is 280.